The van der Waals surface area contributed by atoms with E-state index in [2.05, 4.69) is 5.10 Å². The lowest BCUT2D eigenvalue weighted by Gasteiger charge is -2.32. The zero-order valence-electron chi connectivity index (χ0n) is 15.8. The van der Waals surface area contributed by atoms with E-state index >= 15 is 0 Å². The van der Waals surface area contributed by atoms with Crippen molar-refractivity contribution >= 4 is 11.6 Å². The number of hydrazone groups is 1. The molecule has 0 saturated carbocycles. The van der Waals surface area contributed by atoms with Crippen LogP contribution in [0.3, 0.4) is 0 Å². The molecule has 1 aromatic rings. The Hall–Kier alpha value is -2.09. The lowest BCUT2D eigenvalue weighted by Crippen LogP contribution is -2.57. The quantitative estimate of drug-likeness (QED) is 0.718. The molecular formula is C19H25F3N2O3. The minimum atomic E-state index is -5.01. The van der Waals surface area contributed by atoms with Crippen LogP contribution in [-0.2, 0) is 4.79 Å². The van der Waals surface area contributed by atoms with Crippen LogP contribution in [0.5, 0.6) is 5.75 Å². The van der Waals surface area contributed by atoms with Crippen molar-refractivity contribution in [2.75, 3.05) is 6.61 Å². The molecule has 0 unspecified atom stereocenters. The number of ether oxygens (including phenoxy) is 1. The molecule has 5 nitrogen and oxygen atoms in total. The van der Waals surface area contributed by atoms with E-state index in [0.29, 0.717) is 18.6 Å². The molecule has 1 amide bonds. The van der Waals surface area contributed by atoms with E-state index in [1.165, 1.54) is 0 Å². The summed E-state index contributed by atoms with van der Waals surface area (Å²) < 4.78 is 45.6. The first kappa shape index (κ1) is 21.2. The van der Waals surface area contributed by atoms with Crippen molar-refractivity contribution in [2.45, 2.75) is 64.8 Å². The second kappa shape index (κ2) is 8.29. The average Bonchev–Trinajstić information content (AvgIpc) is 2.94. The summed E-state index contributed by atoms with van der Waals surface area (Å²) in [5.41, 5.74) is -1.19. The summed E-state index contributed by atoms with van der Waals surface area (Å²) in [4.78, 5) is 12.3. The van der Waals surface area contributed by atoms with Gasteiger partial charge in [0, 0.05) is 12.1 Å². The van der Waals surface area contributed by atoms with Crippen LogP contribution in [0, 0.1) is 13.8 Å². The fourth-order valence-corrected chi connectivity index (χ4v) is 2.83. The number of unbranched alkanes of at least 4 members (excludes halogenated alkanes) is 2. The number of carbonyl (C=O) groups excluding carboxylic acids is 1. The molecule has 1 aromatic carbocycles. The van der Waals surface area contributed by atoms with Gasteiger partial charge in [0.25, 0.3) is 11.6 Å². The van der Waals surface area contributed by atoms with Gasteiger partial charge in [-0.25, -0.2) is 0 Å². The Morgan fingerprint density at radius 3 is 2.59 bits per heavy atom. The van der Waals surface area contributed by atoms with Crippen molar-refractivity contribution in [3.8, 4) is 5.75 Å². The molecule has 0 spiro atoms. The van der Waals surface area contributed by atoms with Crippen molar-refractivity contribution < 1.29 is 27.8 Å². The van der Waals surface area contributed by atoms with Gasteiger partial charge >= 0.3 is 6.18 Å². The molecular weight excluding hydrogens is 361 g/mol. The Morgan fingerprint density at radius 2 is 2.00 bits per heavy atom. The van der Waals surface area contributed by atoms with Crippen LogP contribution >= 0.6 is 0 Å². The summed E-state index contributed by atoms with van der Waals surface area (Å²) >= 11 is 0. The van der Waals surface area contributed by atoms with Crippen molar-refractivity contribution in [2.24, 2.45) is 5.10 Å². The highest BCUT2D eigenvalue weighted by atomic mass is 19.4. The Kier molecular flexibility index (Phi) is 6.51. The van der Waals surface area contributed by atoms with Gasteiger partial charge in [-0.05, 0) is 49.9 Å². The Morgan fingerprint density at radius 1 is 1.30 bits per heavy atom. The molecule has 0 aromatic heterocycles. The molecule has 1 atom stereocenters. The Labute approximate surface area is 156 Å². The van der Waals surface area contributed by atoms with Gasteiger partial charge < -0.3 is 9.84 Å². The number of rotatable bonds is 7. The number of alkyl halides is 3. The van der Waals surface area contributed by atoms with Gasteiger partial charge in [-0.3, -0.25) is 4.79 Å². The third-order valence-corrected chi connectivity index (χ3v) is 4.64. The molecule has 8 heteroatoms. The van der Waals surface area contributed by atoms with Gasteiger partial charge in [-0.15, -0.1) is 0 Å². The van der Waals surface area contributed by atoms with Crippen LogP contribution in [0.15, 0.2) is 23.3 Å². The van der Waals surface area contributed by atoms with Gasteiger partial charge in [0.2, 0.25) is 0 Å². The second-order valence-corrected chi connectivity index (χ2v) is 6.85. The van der Waals surface area contributed by atoms with Crippen molar-refractivity contribution in [1.82, 2.24) is 5.01 Å². The third kappa shape index (κ3) is 4.80. The molecule has 2 rings (SSSR count). The predicted molar refractivity (Wildman–Crippen MR) is 95.5 cm³/mol. The molecule has 0 aliphatic carbocycles. The largest absolute Gasteiger partial charge is 0.484 e. The van der Waals surface area contributed by atoms with Crippen LogP contribution < -0.4 is 4.74 Å². The van der Waals surface area contributed by atoms with Crippen LogP contribution in [-0.4, -0.2) is 40.2 Å². The van der Waals surface area contributed by atoms with Crippen LogP contribution in [0.1, 0.15) is 50.2 Å². The van der Waals surface area contributed by atoms with Crippen LogP contribution in [0.25, 0.3) is 0 Å². The number of carbonyl (C=O) groups is 1. The normalized spacial score (nSPS) is 20.0. The lowest BCUT2D eigenvalue weighted by atomic mass is 10.0. The smallest absolute Gasteiger partial charge is 0.438 e. The number of aryl methyl sites for hydroxylation is 2. The number of benzene rings is 1. The molecule has 0 radical (unpaired) electrons. The van der Waals surface area contributed by atoms with Gasteiger partial charge in [-0.1, -0.05) is 25.8 Å². The van der Waals surface area contributed by atoms with E-state index in [4.69, 9.17) is 4.74 Å². The van der Waals surface area contributed by atoms with E-state index in [9.17, 15) is 23.1 Å². The minimum absolute atomic E-state index is 0.134. The molecule has 1 aliphatic rings. The van der Waals surface area contributed by atoms with Gasteiger partial charge in [-0.2, -0.15) is 23.3 Å². The Balaban J connectivity index is 2.12. The van der Waals surface area contributed by atoms with E-state index < -0.39 is 30.8 Å². The highest BCUT2D eigenvalue weighted by Gasteiger charge is 2.63. The van der Waals surface area contributed by atoms with E-state index in [1.807, 2.05) is 20.8 Å². The maximum atomic E-state index is 13.4. The minimum Gasteiger partial charge on any atom is -0.484 e. The summed E-state index contributed by atoms with van der Waals surface area (Å²) in [6.07, 6.45) is -3.02. The standard InChI is InChI=1S/C19H25F3N2O3/c1-4-5-6-7-15-11-18(26,19(20,21)22)24(23-15)17(25)12-27-16-9-8-13(2)14(3)10-16/h8-10,26H,4-7,11-12H2,1-3H3/t18-/m1/s1. The lowest BCUT2D eigenvalue weighted by molar-refractivity contribution is -0.302. The molecule has 1 heterocycles. The zero-order chi connectivity index (χ0) is 20.2. The second-order valence-electron chi connectivity index (χ2n) is 6.85. The summed E-state index contributed by atoms with van der Waals surface area (Å²) in [6, 6.07) is 5.12. The highest BCUT2D eigenvalue weighted by molar-refractivity contribution is 5.91. The number of halogens is 3. The summed E-state index contributed by atoms with van der Waals surface area (Å²) in [5.74, 6) is -0.674. The number of hydrogen-bond donors (Lipinski definition) is 1. The number of amides is 1. The maximum Gasteiger partial charge on any atom is 0.438 e. The first-order valence-electron chi connectivity index (χ1n) is 8.97. The van der Waals surface area contributed by atoms with Crippen molar-refractivity contribution in [1.29, 1.82) is 0 Å². The number of nitrogens with zero attached hydrogens (tertiary/aromatic N) is 2. The average molecular weight is 386 g/mol. The van der Waals surface area contributed by atoms with Gasteiger partial charge in [0.05, 0.1) is 0 Å². The van der Waals surface area contributed by atoms with Crippen LogP contribution in [0.4, 0.5) is 13.2 Å². The molecule has 0 fully saturated rings. The molecule has 150 valence electrons. The Bertz CT molecular complexity index is 719. The molecule has 0 bridgehead atoms. The van der Waals surface area contributed by atoms with Gasteiger partial charge in [0.1, 0.15) is 5.75 Å². The monoisotopic (exact) mass is 386 g/mol. The van der Waals surface area contributed by atoms with E-state index in [-0.39, 0.29) is 10.7 Å². The van der Waals surface area contributed by atoms with Crippen molar-refractivity contribution in [3.63, 3.8) is 0 Å². The fraction of sp³-hybridized carbons (Fsp3) is 0.579. The maximum absolute atomic E-state index is 13.4. The predicted octanol–water partition coefficient (Wildman–Crippen LogP) is 4.10. The summed E-state index contributed by atoms with van der Waals surface area (Å²) in [5, 5.41) is 14.1. The highest BCUT2D eigenvalue weighted by Crippen LogP contribution is 2.41. The molecule has 1 aliphatic heterocycles. The SMILES string of the molecule is CCCCCC1=NN(C(=O)COc2ccc(C)c(C)c2)[C@](O)(C(F)(F)F)C1. The van der Waals surface area contributed by atoms with E-state index in [1.54, 1.807) is 18.2 Å². The van der Waals surface area contributed by atoms with Crippen LogP contribution in [0.2, 0.25) is 0 Å². The first-order valence-corrected chi connectivity index (χ1v) is 8.97. The number of aliphatic hydroxyl groups is 1. The summed E-state index contributed by atoms with van der Waals surface area (Å²) in [6.45, 7) is 5.10. The van der Waals surface area contributed by atoms with E-state index in [0.717, 1.165) is 24.0 Å². The first-order chi connectivity index (χ1) is 12.6. The number of hydrogen-bond acceptors (Lipinski definition) is 4. The molecule has 1 N–H and O–H groups in total. The summed E-state index contributed by atoms with van der Waals surface area (Å²) in [7, 11) is 0. The zero-order valence-corrected chi connectivity index (χ0v) is 15.8. The fourth-order valence-electron chi connectivity index (χ4n) is 2.83. The van der Waals surface area contributed by atoms with Gasteiger partial charge in [0.15, 0.2) is 6.61 Å². The topological polar surface area (TPSA) is 62.1 Å². The molecule has 0 saturated heterocycles. The molecule has 27 heavy (non-hydrogen) atoms. The third-order valence-electron chi connectivity index (χ3n) is 4.64. The van der Waals surface area contributed by atoms with Crippen molar-refractivity contribution in [3.05, 3.63) is 29.3 Å².